The van der Waals surface area contributed by atoms with Crippen LogP contribution in [0.5, 0.6) is 5.75 Å². The van der Waals surface area contributed by atoms with Crippen LogP contribution in [0.3, 0.4) is 0 Å². The predicted octanol–water partition coefficient (Wildman–Crippen LogP) is 3.98. The topological polar surface area (TPSA) is 9.23 Å². The Labute approximate surface area is 98.9 Å². The molecule has 0 aliphatic carbocycles. The number of benzene rings is 1. The van der Waals surface area contributed by atoms with Crippen LogP contribution in [0.2, 0.25) is 0 Å². The van der Waals surface area contributed by atoms with E-state index in [0.29, 0.717) is 20.4 Å². The van der Waals surface area contributed by atoms with Gasteiger partial charge in [0.25, 0.3) is 0 Å². The Morgan fingerprint density at radius 2 is 2.23 bits per heavy atom. The lowest BCUT2D eigenvalue weighted by Gasteiger charge is -2.07. The van der Waals surface area contributed by atoms with Crippen LogP contribution in [0.1, 0.15) is 13.3 Å². The third kappa shape index (κ3) is 2.80. The highest BCUT2D eigenvalue weighted by Crippen LogP contribution is 2.28. The van der Waals surface area contributed by atoms with Gasteiger partial charge in [0.2, 0.25) is 0 Å². The Balaban J connectivity index is 2.90. The van der Waals surface area contributed by atoms with E-state index in [1.807, 2.05) is 29.5 Å². The lowest BCUT2D eigenvalue weighted by Crippen LogP contribution is -1.98. The van der Waals surface area contributed by atoms with Crippen molar-refractivity contribution in [3.05, 3.63) is 26.0 Å². The van der Waals surface area contributed by atoms with Crippen molar-refractivity contribution in [1.29, 1.82) is 0 Å². The summed E-state index contributed by atoms with van der Waals surface area (Å²) in [4.78, 5) is 0. The summed E-state index contributed by atoms with van der Waals surface area (Å²) in [7, 11) is 0. The summed E-state index contributed by atoms with van der Waals surface area (Å²) in [6, 6.07) is 3.42. The molecular formula is C9H9BrFIO. The molecule has 72 valence electrons. The molecule has 1 aromatic rings. The first kappa shape index (κ1) is 11.2. The summed E-state index contributed by atoms with van der Waals surface area (Å²) in [5, 5.41) is 0. The number of hydrogen-bond acceptors (Lipinski definition) is 1. The monoisotopic (exact) mass is 358 g/mol. The molecule has 0 saturated heterocycles. The molecular weight excluding hydrogens is 350 g/mol. The third-order valence-corrected chi connectivity index (χ3v) is 3.08. The van der Waals surface area contributed by atoms with E-state index in [4.69, 9.17) is 4.74 Å². The maximum absolute atomic E-state index is 13.3. The number of ether oxygens (including phenoxy) is 1. The highest BCUT2D eigenvalue weighted by Gasteiger charge is 2.09. The van der Waals surface area contributed by atoms with Crippen LogP contribution < -0.4 is 4.74 Å². The van der Waals surface area contributed by atoms with Gasteiger partial charge in [-0.05, 0) is 57.1 Å². The van der Waals surface area contributed by atoms with Crippen molar-refractivity contribution in [3.63, 3.8) is 0 Å². The molecule has 13 heavy (non-hydrogen) atoms. The third-order valence-electron chi connectivity index (χ3n) is 1.46. The van der Waals surface area contributed by atoms with Crippen LogP contribution in [0, 0.1) is 9.39 Å². The lowest BCUT2D eigenvalue weighted by molar-refractivity contribution is 0.313. The molecule has 4 heteroatoms. The Kier molecular flexibility index (Phi) is 4.45. The average Bonchev–Trinajstić information content (AvgIpc) is 2.13. The zero-order valence-electron chi connectivity index (χ0n) is 7.11. The molecule has 0 saturated carbocycles. The number of hydrogen-bond donors (Lipinski definition) is 0. The maximum atomic E-state index is 13.3. The molecule has 0 bridgehead atoms. The molecule has 0 radical (unpaired) electrons. The summed E-state index contributed by atoms with van der Waals surface area (Å²) >= 11 is 5.05. The van der Waals surface area contributed by atoms with Crippen molar-refractivity contribution in [2.24, 2.45) is 0 Å². The minimum absolute atomic E-state index is 0.255. The Morgan fingerprint density at radius 1 is 1.54 bits per heavy atom. The van der Waals surface area contributed by atoms with Crippen molar-refractivity contribution in [1.82, 2.24) is 0 Å². The first-order valence-corrected chi connectivity index (χ1v) is 5.80. The smallest absolute Gasteiger partial charge is 0.154 e. The molecule has 0 fully saturated rings. The van der Waals surface area contributed by atoms with Gasteiger partial charge in [-0.25, -0.2) is 4.39 Å². The van der Waals surface area contributed by atoms with Gasteiger partial charge in [0.1, 0.15) is 5.75 Å². The molecule has 0 heterocycles. The zero-order valence-corrected chi connectivity index (χ0v) is 10.9. The fourth-order valence-electron chi connectivity index (χ4n) is 0.832. The summed E-state index contributed by atoms with van der Waals surface area (Å²) in [5.74, 6) is 0.359. The normalized spacial score (nSPS) is 10.2. The average molecular weight is 359 g/mol. The summed E-state index contributed by atoms with van der Waals surface area (Å²) in [5.41, 5.74) is 0. The maximum Gasteiger partial charge on any atom is 0.154 e. The van der Waals surface area contributed by atoms with Crippen LogP contribution in [-0.2, 0) is 0 Å². The standard InChI is InChI=1S/C9H9BrFIO/c1-2-5-13-7-4-3-6(10)8(11)9(7)12/h3-4H,2,5H2,1H3. The van der Waals surface area contributed by atoms with Crippen molar-refractivity contribution >= 4 is 38.5 Å². The second-order valence-corrected chi connectivity index (χ2v) is 4.46. The van der Waals surface area contributed by atoms with E-state index >= 15 is 0 Å². The predicted molar refractivity (Wildman–Crippen MR) is 62.6 cm³/mol. The molecule has 0 aliphatic heterocycles. The van der Waals surface area contributed by atoms with Crippen molar-refractivity contribution in [2.45, 2.75) is 13.3 Å². The van der Waals surface area contributed by atoms with E-state index in [9.17, 15) is 4.39 Å². The van der Waals surface area contributed by atoms with Crippen molar-refractivity contribution in [2.75, 3.05) is 6.61 Å². The van der Waals surface area contributed by atoms with Gasteiger partial charge in [0.15, 0.2) is 5.82 Å². The Bertz CT molecular complexity index is 304. The molecule has 1 aromatic carbocycles. The lowest BCUT2D eigenvalue weighted by atomic mass is 10.3. The van der Waals surface area contributed by atoms with E-state index in [0.717, 1.165) is 6.42 Å². The summed E-state index contributed by atoms with van der Waals surface area (Å²) < 4.78 is 19.6. The molecule has 0 aromatic heterocycles. The second-order valence-electron chi connectivity index (χ2n) is 2.52. The highest BCUT2D eigenvalue weighted by molar-refractivity contribution is 14.1. The van der Waals surface area contributed by atoms with Gasteiger partial charge < -0.3 is 4.74 Å². The number of halogens is 3. The fourth-order valence-corrected chi connectivity index (χ4v) is 2.16. The molecule has 0 spiro atoms. The van der Waals surface area contributed by atoms with Gasteiger partial charge in [0, 0.05) is 0 Å². The first-order valence-electron chi connectivity index (χ1n) is 3.93. The quantitative estimate of drug-likeness (QED) is 0.586. The van der Waals surface area contributed by atoms with Gasteiger partial charge in [0.05, 0.1) is 14.6 Å². The zero-order chi connectivity index (χ0) is 9.84. The molecule has 0 atom stereocenters. The second kappa shape index (κ2) is 5.14. The van der Waals surface area contributed by atoms with E-state index in [1.165, 1.54) is 0 Å². The van der Waals surface area contributed by atoms with Gasteiger partial charge in [-0.15, -0.1) is 0 Å². The SMILES string of the molecule is CCCOc1ccc(Br)c(F)c1I. The van der Waals surface area contributed by atoms with Crippen LogP contribution in [0.25, 0.3) is 0 Å². The van der Waals surface area contributed by atoms with Crippen LogP contribution in [0.4, 0.5) is 4.39 Å². The molecule has 0 unspecified atom stereocenters. The molecule has 0 amide bonds. The van der Waals surface area contributed by atoms with Crippen LogP contribution in [-0.4, -0.2) is 6.61 Å². The fraction of sp³-hybridized carbons (Fsp3) is 0.333. The van der Waals surface area contributed by atoms with Crippen molar-refractivity contribution in [3.8, 4) is 5.75 Å². The Morgan fingerprint density at radius 3 is 2.85 bits per heavy atom. The van der Waals surface area contributed by atoms with E-state index < -0.39 is 0 Å². The molecule has 1 nitrogen and oxygen atoms in total. The minimum atomic E-state index is -0.255. The van der Waals surface area contributed by atoms with Gasteiger partial charge in [-0.1, -0.05) is 6.92 Å². The van der Waals surface area contributed by atoms with Gasteiger partial charge in [-0.2, -0.15) is 0 Å². The number of rotatable bonds is 3. The summed E-state index contributed by atoms with van der Waals surface area (Å²) in [6.07, 6.45) is 0.924. The van der Waals surface area contributed by atoms with Gasteiger partial charge >= 0.3 is 0 Å². The van der Waals surface area contributed by atoms with E-state index in [1.54, 1.807) is 12.1 Å². The van der Waals surface area contributed by atoms with Crippen LogP contribution in [0.15, 0.2) is 16.6 Å². The first-order chi connectivity index (χ1) is 6.16. The largest absolute Gasteiger partial charge is 0.492 e. The minimum Gasteiger partial charge on any atom is -0.492 e. The van der Waals surface area contributed by atoms with Gasteiger partial charge in [-0.3, -0.25) is 0 Å². The summed E-state index contributed by atoms with van der Waals surface area (Å²) in [6.45, 7) is 2.64. The van der Waals surface area contributed by atoms with Crippen LogP contribution >= 0.6 is 38.5 Å². The highest BCUT2D eigenvalue weighted by atomic mass is 127. The van der Waals surface area contributed by atoms with E-state index in [2.05, 4.69) is 15.9 Å². The molecule has 1 rings (SSSR count). The Hall–Kier alpha value is 0.160. The van der Waals surface area contributed by atoms with E-state index in [-0.39, 0.29) is 5.82 Å². The molecule has 0 aliphatic rings. The molecule has 0 N–H and O–H groups in total. The van der Waals surface area contributed by atoms with Crippen molar-refractivity contribution < 1.29 is 9.13 Å².